The van der Waals surface area contributed by atoms with Crippen LogP contribution in [0.5, 0.6) is 0 Å². The highest BCUT2D eigenvalue weighted by atomic mass is 32.1. The first-order valence-corrected chi connectivity index (χ1v) is 7.17. The average Bonchev–Trinajstić information content (AvgIpc) is 2.84. The second-order valence-corrected chi connectivity index (χ2v) is 6.81. The van der Waals surface area contributed by atoms with Crippen LogP contribution in [0.25, 0.3) is 0 Å². The molecular formula is C16H16F2OS. The van der Waals surface area contributed by atoms with E-state index in [1.807, 2.05) is 6.07 Å². The van der Waals surface area contributed by atoms with Gasteiger partial charge in [0.2, 0.25) is 0 Å². The molecule has 4 heteroatoms. The summed E-state index contributed by atoms with van der Waals surface area (Å²) in [4.78, 5) is 13.8. The maximum absolute atomic E-state index is 13.5. The van der Waals surface area contributed by atoms with Crippen molar-refractivity contribution < 1.29 is 13.6 Å². The summed E-state index contributed by atoms with van der Waals surface area (Å²) < 4.78 is 26.7. The lowest BCUT2D eigenvalue weighted by Crippen LogP contribution is -2.08. The SMILES string of the molecule is CC(C)(C)c1ccc(C(=O)Cc2cccc(F)c2F)s1. The number of thiophene rings is 1. The van der Waals surface area contributed by atoms with Gasteiger partial charge >= 0.3 is 0 Å². The Morgan fingerprint density at radius 2 is 1.85 bits per heavy atom. The summed E-state index contributed by atoms with van der Waals surface area (Å²) in [6.45, 7) is 6.21. The molecule has 2 rings (SSSR count). The fourth-order valence-electron chi connectivity index (χ4n) is 1.84. The minimum absolute atomic E-state index is 0.0205. The van der Waals surface area contributed by atoms with E-state index < -0.39 is 11.6 Å². The lowest BCUT2D eigenvalue weighted by atomic mass is 9.95. The summed E-state index contributed by atoms with van der Waals surface area (Å²) in [6, 6.07) is 7.57. The number of hydrogen-bond acceptors (Lipinski definition) is 2. The Balaban J connectivity index is 2.20. The normalized spacial score (nSPS) is 11.7. The van der Waals surface area contributed by atoms with Gasteiger partial charge < -0.3 is 0 Å². The van der Waals surface area contributed by atoms with Crippen LogP contribution in [0.15, 0.2) is 30.3 Å². The Morgan fingerprint density at radius 1 is 1.15 bits per heavy atom. The maximum Gasteiger partial charge on any atom is 0.177 e. The molecule has 1 heterocycles. The van der Waals surface area contributed by atoms with Gasteiger partial charge in [0.05, 0.1) is 4.88 Å². The Kier molecular flexibility index (Phi) is 4.04. The van der Waals surface area contributed by atoms with E-state index in [2.05, 4.69) is 20.8 Å². The molecule has 0 N–H and O–H groups in total. The third kappa shape index (κ3) is 3.12. The molecule has 0 saturated carbocycles. The predicted octanol–water partition coefficient (Wildman–Crippen LogP) is 4.75. The van der Waals surface area contributed by atoms with E-state index in [9.17, 15) is 13.6 Å². The molecule has 0 saturated heterocycles. The van der Waals surface area contributed by atoms with Crippen molar-refractivity contribution in [2.45, 2.75) is 32.6 Å². The van der Waals surface area contributed by atoms with Crippen molar-refractivity contribution >= 4 is 17.1 Å². The molecule has 0 aliphatic carbocycles. The summed E-state index contributed by atoms with van der Waals surface area (Å²) in [7, 11) is 0. The topological polar surface area (TPSA) is 17.1 Å². The molecule has 0 aliphatic heterocycles. The highest BCUT2D eigenvalue weighted by molar-refractivity contribution is 7.14. The first kappa shape index (κ1) is 14.9. The monoisotopic (exact) mass is 294 g/mol. The van der Waals surface area contributed by atoms with Gasteiger partial charge in [-0.1, -0.05) is 32.9 Å². The van der Waals surface area contributed by atoms with Gasteiger partial charge in [-0.25, -0.2) is 8.78 Å². The zero-order valence-corrected chi connectivity index (χ0v) is 12.5. The van der Waals surface area contributed by atoms with Crippen molar-refractivity contribution in [3.63, 3.8) is 0 Å². The summed E-state index contributed by atoms with van der Waals surface area (Å²) in [5, 5.41) is 0. The summed E-state index contributed by atoms with van der Waals surface area (Å²) >= 11 is 1.41. The Labute approximate surface area is 121 Å². The van der Waals surface area contributed by atoms with Gasteiger partial charge in [0.25, 0.3) is 0 Å². The van der Waals surface area contributed by atoms with Gasteiger partial charge in [-0.05, 0) is 29.2 Å². The molecule has 0 unspecified atom stereocenters. The quantitative estimate of drug-likeness (QED) is 0.747. The van der Waals surface area contributed by atoms with Crippen LogP contribution in [-0.2, 0) is 11.8 Å². The predicted molar refractivity (Wildman–Crippen MR) is 77.4 cm³/mol. The second kappa shape index (κ2) is 5.44. The van der Waals surface area contributed by atoms with E-state index in [1.54, 1.807) is 6.07 Å². The zero-order chi connectivity index (χ0) is 14.9. The van der Waals surface area contributed by atoms with Crippen LogP contribution in [0.4, 0.5) is 8.78 Å². The van der Waals surface area contributed by atoms with Crippen molar-refractivity contribution in [1.82, 2.24) is 0 Å². The van der Waals surface area contributed by atoms with E-state index >= 15 is 0 Å². The van der Waals surface area contributed by atoms with Crippen LogP contribution >= 0.6 is 11.3 Å². The van der Waals surface area contributed by atoms with E-state index in [-0.39, 0.29) is 23.2 Å². The van der Waals surface area contributed by atoms with Crippen molar-refractivity contribution in [2.24, 2.45) is 0 Å². The fourth-order valence-corrected chi connectivity index (χ4v) is 2.84. The van der Waals surface area contributed by atoms with Crippen molar-refractivity contribution in [3.8, 4) is 0 Å². The van der Waals surface area contributed by atoms with Gasteiger partial charge in [-0.15, -0.1) is 11.3 Å². The largest absolute Gasteiger partial charge is 0.293 e. The third-order valence-electron chi connectivity index (χ3n) is 3.00. The molecule has 2 aromatic rings. The minimum Gasteiger partial charge on any atom is -0.293 e. The van der Waals surface area contributed by atoms with E-state index in [1.165, 1.54) is 23.5 Å². The molecule has 0 radical (unpaired) electrons. The number of benzene rings is 1. The molecule has 0 spiro atoms. The Bertz CT molecular complexity index is 638. The van der Waals surface area contributed by atoms with Crippen LogP contribution in [-0.4, -0.2) is 5.78 Å². The van der Waals surface area contributed by atoms with Crippen LogP contribution in [0, 0.1) is 11.6 Å². The standard InChI is InChI=1S/C16H16F2OS/c1-16(2,3)14-8-7-13(20-14)12(19)9-10-5-4-6-11(17)15(10)18/h4-8H,9H2,1-3H3. The summed E-state index contributed by atoms with van der Waals surface area (Å²) in [5.74, 6) is -2.04. The highest BCUT2D eigenvalue weighted by Crippen LogP contribution is 2.30. The lowest BCUT2D eigenvalue weighted by Gasteiger charge is -2.15. The van der Waals surface area contributed by atoms with Crippen molar-refractivity contribution in [2.75, 3.05) is 0 Å². The Morgan fingerprint density at radius 3 is 2.45 bits per heavy atom. The number of halogens is 2. The number of Topliss-reactive ketones (excluding diaryl/α,β-unsaturated/α-hetero) is 1. The van der Waals surface area contributed by atoms with Crippen LogP contribution < -0.4 is 0 Å². The fraction of sp³-hybridized carbons (Fsp3) is 0.312. The number of carbonyl (C=O) groups excluding carboxylic acids is 1. The molecule has 0 aliphatic rings. The van der Waals surface area contributed by atoms with Gasteiger partial charge in [-0.3, -0.25) is 4.79 Å². The highest BCUT2D eigenvalue weighted by Gasteiger charge is 2.19. The molecule has 0 amide bonds. The van der Waals surface area contributed by atoms with Gasteiger partial charge in [0.15, 0.2) is 17.4 Å². The second-order valence-electron chi connectivity index (χ2n) is 5.73. The summed E-state index contributed by atoms with van der Waals surface area (Å²) in [6.07, 6.45) is -0.117. The van der Waals surface area contributed by atoms with E-state index in [0.717, 1.165) is 10.9 Å². The van der Waals surface area contributed by atoms with E-state index in [4.69, 9.17) is 0 Å². The number of rotatable bonds is 3. The molecule has 1 aromatic carbocycles. The molecular weight excluding hydrogens is 278 g/mol. The van der Waals surface area contributed by atoms with Crippen LogP contribution in [0.1, 0.15) is 40.9 Å². The van der Waals surface area contributed by atoms with Gasteiger partial charge in [-0.2, -0.15) is 0 Å². The zero-order valence-electron chi connectivity index (χ0n) is 11.7. The first-order chi connectivity index (χ1) is 9.29. The third-order valence-corrected chi connectivity index (χ3v) is 4.55. The van der Waals surface area contributed by atoms with E-state index in [0.29, 0.717) is 4.88 Å². The van der Waals surface area contributed by atoms with Crippen molar-refractivity contribution in [1.29, 1.82) is 0 Å². The summed E-state index contributed by atoms with van der Waals surface area (Å²) in [5.41, 5.74) is 0.0773. The number of hydrogen-bond donors (Lipinski definition) is 0. The number of ketones is 1. The lowest BCUT2D eigenvalue weighted by molar-refractivity contribution is 0.0995. The first-order valence-electron chi connectivity index (χ1n) is 6.35. The minimum atomic E-state index is -0.937. The number of carbonyl (C=O) groups is 1. The molecule has 1 aromatic heterocycles. The molecule has 1 nitrogen and oxygen atoms in total. The van der Waals surface area contributed by atoms with Gasteiger partial charge in [0.1, 0.15) is 0 Å². The van der Waals surface area contributed by atoms with Crippen LogP contribution in [0.2, 0.25) is 0 Å². The van der Waals surface area contributed by atoms with Gasteiger partial charge in [0, 0.05) is 11.3 Å². The molecule has 0 bridgehead atoms. The molecule has 0 fully saturated rings. The smallest absolute Gasteiger partial charge is 0.177 e. The molecule has 20 heavy (non-hydrogen) atoms. The molecule has 106 valence electrons. The molecule has 0 atom stereocenters. The Hall–Kier alpha value is -1.55. The van der Waals surface area contributed by atoms with Crippen molar-refractivity contribution in [3.05, 3.63) is 57.3 Å². The van der Waals surface area contributed by atoms with Crippen LogP contribution in [0.3, 0.4) is 0 Å². The average molecular weight is 294 g/mol. The maximum atomic E-state index is 13.5.